The van der Waals surface area contributed by atoms with Gasteiger partial charge in [-0.2, -0.15) is 11.8 Å². The van der Waals surface area contributed by atoms with Gasteiger partial charge in [0.15, 0.2) is 5.13 Å². The summed E-state index contributed by atoms with van der Waals surface area (Å²) in [6.07, 6.45) is 0. The summed E-state index contributed by atoms with van der Waals surface area (Å²) in [5.41, 5.74) is 7.01. The molecule has 15 heavy (non-hydrogen) atoms. The van der Waals surface area contributed by atoms with Gasteiger partial charge in [-0.05, 0) is 13.8 Å². The molecule has 1 aliphatic rings. The highest BCUT2D eigenvalue weighted by Crippen LogP contribution is 2.30. The third-order valence-corrected chi connectivity index (χ3v) is 4.88. The minimum Gasteiger partial charge on any atom is -0.346 e. The van der Waals surface area contributed by atoms with Crippen LogP contribution in [0.5, 0.6) is 0 Å². The number of anilines is 1. The zero-order valence-corrected chi connectivity index (χ0v) is 10.8. The Bertz CT molecular complexity index is 329. The highest BCUT2D eigenvalue weighted by molar-refractivity contribution is 7.99. The number of hydrogen-bond donors (Lipinski definition) is 1. The summed E-state index contributed by atoms with van der Waals surface area (Å²) in [4.78, 5) is 8.21. The minimum atomic E-state index is 0.107. The lowest BCUT2D eigenvalue weighted by molar-refractivity contribution is 0.822. The number of thioether (sulfide) groups is 1. The second-order valence-electron chi connectivity index (χ2n) is 3.83. The van der Waals surface area contributed by atoms with Crippen molar-refractivity contribution in [3.05, 3.63) is 10.6 Å². The predicted molar refractivity (Wildman–Crippen MR) is 69.0 cm³/mol. The summed E-state index contributed by atoms with van der Waals surface area (Å²) in [5.74, 6) is 2.43. The maximum absolute atomic E-state index is 5.91. The Morgan fingerprint density at radius 3 is 2.60 bits per heavy atom. The van der Waals surface area contributed by atoms with Crippen LogP contribution in [0.15, 0.2) is 0 Å². The third kappa shape index (κ3) is 2.46. The van der Waals surface area contributed by atoms with Crippen LogP contribution in [0.2, 0.25) is 0 Å². The van der Waals surface area contributed by atoms with E-state index in [1.807, 2.05) is 18.7 Å². The minimum absolute atomic E-state index is 0.107. The van der Waals surface area contributed by atoms with E-state index in [0.29, 0.717) is 0 Å². The summed E-state index contributed by atoms with van der Waals surface area (Å²) >= 11 is 3.78. The van der Waals surface area contributed by atoms with Crippen LogP contribution in [0, 0.1) is 6.92 Å². The van der Waals surface area contributed by atoms with Crippen molar-refractivity contribution in [2.75, 3.05) is 29.5 Å². The normalized spacial score (nSPS) is 19.3. The van der Waals surface area contributed by atoms with Crippen molar-refractivity contribution in [3.63, 3.8) is 0 Å². The SMILES string of the molecule is Cc1nc(N2CCSCC2)sc1C(C)N. The van der Waals surface area contributed by atoms with Crippen molar-refractivity contribution >= 4 is 28.2 Å². The van der Waals surface area contributed by atoms with Gasteiger partial charge in [-0.3, -0.25) is 0 Å². The zero-order chi connectivity index (χ0) is 10.8. The van der Waals surface area contributed by atoms with Gasteiger partial charge >= 0.3 is 0 Å². The van der Waals surface area contributed by atoms with Crippen molar-refractivity contribution < 1.29 is 0 Å². The van der Waals surface area contributed by atoms with Gasteiger partial charge in [-0.15, -0.1) is 11.3 Å². The lowest BCUT2D eigenvalue weighted by atomic mass is 10.2. The molecule has 1 saturated heterocycles. The zero-order valence-electron chi connectivity index (χ0n) is 9.19. The number of thiazole rings is 1. The Balaban J connectivity index is 2.17. The summed E-state index contributed by atoms with van der Waals surface area (Å²) < 4.78 is 0. The van der Waals surface area contributed by atoms with Gasteiger partial charge in [-0.1, -0.05) is 0 Å². The molecule has 0 spiro atoms. The van der Waals surface area contributed by atoms with Gasteiger partial charge in [0, 0.05) is 35.5 Å². The van der Waals surface area contributed by atoms with Crippen LogP contribution in [-0.4, -0.2) is 29.6 Å². The maximum Gasteiger partial charge on any atom is 0.185 e. The van der Waals surface area contributed by atoms with Gasteiger partial charge in [0.1, 0.15) is 0 Å². The molecular weight excluding hydrogens is 226 g/mol. The summed E-state index contributed by atoms with van der Waals surface area (Å²) in [5, 5.41) is 1.15. The fourth-order valence-corrected chi connectivity index (χ4v) is 3.68. The van der Waals surface area contributed by atoms with Crippen LogP contribution in [-0.2, 0) is 0 Å². The number of aromatic nitrogens is 1. The Kier molecular flexibility index (Phi) is 3.53. The Hall–Kier alpha value is -0.260. The Morgan fingerprint density at radius 2 is 2.07 bits per heavy atom. The number of nitrogens with two attached hydrogens (primary N) is 1. The molecule has 1 fully saturated rings. The summed E-state index contributed by atoms with van der Waals surface area (Å²) in [6.45, 7) is 6.32. The number of aryl methyl sites for hydroxylation is 1. The molecule has 1 aliphatic heterocycles. The molecule has 0 saturated carbocycles. The molecule has 1 aromatic rings. The molecule has 1 atom stereocenters. The van der Waals surface area contributed by atoms with Crippen LogP contribution < -0.4 is 10.6 Å². The molecule has 2 rings (SSSR count). The average Bonchev–Trinajstić information content (AvgIpc) is 2.62. The van der Waals surface area contributed by atoms with Gasteiger partial charge in [0.05, 0.1) is 5.69 Å². The molecule has 1 unspecified atom stereocenters. The first kappa shape index (κ1) is 11.2. The van der Waals surface area contributed by atoms with Gasteiger partial charge in [-0.25, -0.2) is 4.98 Å². The fourth-order valence-electron chi connectivity index (χ4n) is 1.71. The Labute approximate surface area is 99.1 Å². The van der Waals surface area contributed by atoms with E-state index >= 15 is 0 Å². The van der Waals surface area contributed by atoms with E-state index in [2.05, 4.69) is 16.8 Å². The van der Waals surface area contributed by atoms with Crippen molar-refractivity contribution in [2.24, 2.45) is 5.73 Å². The number of hydrogen-bond acceptors (Lipinski definition) is 5. The van der Waals surface area contributed by atoms with E-state index < -0.39 is 0 Å². The average molecular weight is 243 g/mol. The van der Waals surface area contributed by atoms with E-state index in [-0.39, 0.29) is 6.04 Å². The molecule has 1 aromatic heterocycles. The van der Waals surface area contributed by atoms with Gasteiger partial charge in [0.2, 0.25) is 0 Å². The number of rotatable bonds is 2. The predicted octanol–water partition coefficient (Wildman–Crippen LogP) is 2.02. The molecule has 2 heterocycles. The monoisotopic (exact) mass is 243 g/mol. The van der Waals surface area contributed by atoms with Crippen LogP contribution in [0.25, 0.3) is 0 Å². The fraction of sp³-hybridized carbons (Fsp3) is 0.700. The number of nitrogens with zero attached hydrogens (tertiary/aromatic N) is 2. The van der Waals surface area contributed by atoms with E-state index in [9.17, 15) is 0 Å². The first-order valence-electron chi connectivity index (χ1n) is 5.24. The van der Waals surface area contributed by atoms with Crippen LogP contribution in [0.1, 0.15) is 23.5 Å². The second kappa shape index (κ2) is 4.72. The first-order chi connectivity index (χ1) is 7.18. The smallest absolute Gasteiger partial charge is 0.185 e. The van der Waals surface area contributed by atoms with E-state index in [0.717, 1.165) is 23.9 Å². The third-order valence-electron chi connectivity index (χ3n) is 2.52. The standard InChI is InChI=1S/C10H17N3S2/c1-7(11)9-8(2)12-10(15-9)13-3-5-14-6-4-13/h7H,3-6,11H2,1-2H3. The molecule has 3 nitrogen and oxygen atoms in total. The molecule has 0 bridgehead atoms. The Morgan fingerprint density at radius 1 is 1.40 bits per heavy atom. The van der Waals surface area contributed by atoms with Gasteiger partial charge < -0.3 is 10.6 Å². The highest BCUT2D eigenvalue weighted by atomic mass is 32.2. The molecule has 5 heteroatoms. The lowest BCUT2D eigenvalue weighted by Gasteiger charge is -2.25. The van der Waals surface area contributed by atoms with Crippen molar-refractivity contribution in [1.82, 2.24) is 4.98 Å². The lowest BCUT2D eigenvalue weighted by Crippen LogP contribution is -2.32. The largest absolute Gasteiger partial charge is 0.346 e. The van der Waals surface area contributed by atoms with Crippen molar-refractivity contribution in [1.29, 1.82) is 0 Å². The van der Waals surface area contributed by atoms with E-state index in [4.69, 9.17) is 5.73 Å². The summed E-state index contributed by atoms with van der Waals surface area (Å²) in [7, 11) is 0. The summed E-state index contributed by atoms with van der Waals surface area (Å²) in [6, 6.07) is 0.107. The second-order valence-corrected chi connectivity index (χ2v) is 6.07. The van der Waals surface area contributed by atoms with Crippen molar-refractivity contribution in [2.45, 2.75) is 19.9 Å². The van der Waals surface area contributed by atoms with Crippen molar-refractivity contribution in [3.8, 4) is 0 Å². The molecule has 84 valence electrons. The molecule has 0 amide bonds. The van der Waals surface area contributed by atoms with E-state index in [1.165, 1.54) is 16.4 Å². The maximum atomic E-state index is 5.91. The highest BCUT2D eigenvalue weighted by Gasteiger charge is 2.17. The van der Waals surface area contributed by atoms with Crippen LogP contribution in [0.4, 0.5) is 5.13 Å². The molecule has 0 aromatic carbocycles. The topological polar surface area (TPSA) is 42.2 Å². The quantitative estimate of drug-likeness (QED) is 0.863. The van der Waals surface area contributed by atoms with Crippen LogP contribution in [0.3, 0.4) is 0 Å². The first-order valence-corrected chi connectivity index (χ1v) is 7.21. The molecule has 2 N–H and O–H groups in total. The van der Waals surface area contributed by atoms with Crippen LogP contribution >= 0.6 is 23.1 Å². The molecular formula is C10H17N3S2. The van der Waals surface area contributed by atoms with E-state index in [1.54, 1.807) is 11.3 Å². The molecule has 0 aliphatic carbocycles. The van der Waals surface area contributed by atoms with Gasteiger partial charge in [0.25, 0.3) is 0 Å². The molecule has 0 radical (unpaired) electrons.